The van der Waals surface area contributed by atoms with E-state index in [1.165, 1.54) is 0 Å². The average Bonchev–Trinajstić information content (AvgIpc) is 2.61. The van der Waals surface area contributed by atoms with Gasteiger partial charge in [-0.2, -0.15) is 0 Å². The first-order valence-corrected chi connectivity index (χ1v) is 7.71. The predicted octanol–water partition coefficient (Wildman–Crippen LogP) is 2.71. The molecule has 1 amide bonds. The molecule has 24 heavy (non-hydrogen) atoms. The SMILES string of the molecule is COCc1ccccc1CNC(=O)Cc1cc(OC)ccc1OC. The van der Waals surface area contributed by atoms with Gasteiger partial charge in [0.15, 0.2) is 0 Å². The van der Waals surface area contributed by atoms with Crippen molar-refractivity contribution < 1.29 is 19.0 Å². The van der Waals surface area contributed by atoms with E-state index in [2.05, 4.69) is 5.32 Å². The van der Waals surface area contributed by atoms with Crippen LogP contribution in [0.15, 0.2) is 42.5 Å². The van der Waals surface area contributed by atoms with Crippen molar-refractivity contribution in [2.75, 3.05) is 21.3 Å². The highest BCUT2D eigenvalue weighted by atomic mass is 16.5. The molecular weight excluding hydrogens is 306 g/mol. The van der Waals surface area contributed by atoms with Crippen molar-refractivity contribution in [3.05, 3.63) is 59.2 Å². The lowest BCUT2D eigenvalue weighted by Gasteiger charge is -2.12. The molecule has 128 valence electrons. The first kappa shape index (κ1) is 17.8. The minimum absolute atomic E-state index is 0.0752. The summed E-state index contributed by atoms with van der Waals surface area (Å²) in [7, 11) is 4.84. The summed E-state index contributed by atoms with van der Waals surface area (Å²) in [6.07, 6.45) is 0.229. The monoisotopic (exact) mass is 329 g/mol. The third-order valence-corrected chi connectivity index (χ3v) is 3.73. The van der Waals surface area contributed by atoms with Gasteiger partial charge in [0, 0.05) is 19.2 Å². The van der Waals surface area contributed by atoms with Gasteiger partial charge in [-0.05, 0) is 29.3 Å². The normalized spacial score (nSPS) is 10.3. The number of hydrogen-bond acceptors (Lipinski definition) is 4. The molecule has 0 unspecified atom stereocenters. The molecule has 0 saturated carbocycles. The van der Waals surface area contributed by atoms with Crippen LogP contribution in [0.3, 0.4) is 0 Å². The van der Waals surface area contributed by atoms with Crippen molar-refractivity contribution in [2.24, 2.45) is 0 Å². The second kappa shape index (κ2) is 8.93. The highest BCUT2D eigenvalue weighted by molar-refractivity contribution is 5.79. The van der Waals surface area contributed by atoms with E-state index in [9.17, 15) is 4.79 Å². The first-order valence-electron chi connectivity index (χ1n) is 7.71. The van der Waals surface area contributed by atoms with E-state index in [1.807, 2.05) is 30.3 Å². The van der Waals surface area contributed by atoms with Crippen LogP contribution >= 0.6 is 0 Å². The molecule has 0 bridgehead atoms. The average molecular weight is 329 g/mol. The minimum atomic E-state index is -0.0752. The summed E-state index contributed by atoms with van der Waals surface area (Å²) in [5.41, 5.74) is 2.91. The Hall–Kier alpha value is -2.53. The Balaban J connectivity index is 2.01. The van der Waals surface area contributed by atoms with Crippen LogP contribution in [-0.2, 0) is 29.1 Å². The quantitative estimate of drug-likeness (QED) is 0.809. The lowest BCUT2D eigenvalue weighted by molar-refractivity contribution is -0.120. The summed E-state index contributed by atoms with van der Waals surface area (Å²) in [6, 6.07) is 13.3. The van der Waals surface area contributed by atoms with Crippen LogP contribution < -0.4 is 14.8 Å². The number of nitrogens with one attached hydrogen (secondary N) is 1. The zero-order chi connectivity index (χ0) is 17.4. The molecule has 0 aliphatic rings. The van der Waals surface area contributed by atoms with E-state index in [1.54, 1.807) is 33.5 Å². The highest BCUT2D eigenvalue weighted by Crippen LogP contribution is 2.24. The maximum atomic E-state index is 12.3. The van der Waals surface area contributed by atoms with E-state index in [0.29, 0.717) is 24.7 Å². The summed E-state index contributed by atoms with van der Waals surface area (Å²) < 4.78 is 15.7. The molecule has 0 aliphatic heterocycles. The van der Waals surface area contributed by atoms with E-state index < -0.39 is 0 Å². The first-order chi connectivity index (χ1) is 11.7. The van der Waals surface area contributed by atoms with E-state index in [-0.39, 0.29) is 12.3 Å². The van der Waals surface area contributed by atoms with Gasteiger partial charge in [0.25, 0.3) is 0 Å². The summed E-state index contributed by atoms with van der Waals surface area (Å²) >= 11 is 0. The van der Waals surface area contributed by atoms with Crippen molar-refractivity contribution in [3.63, 3.8) is 0 Å². The maximum Gasteiger partial charge on any atom is 0.224 e. The zero-order valence-corrected chi connectivity index (χ0v) is 14.3. The molecular formula is C19H23NO4. The van der Waals surface area contributed by atoms with Crippen molar-refractivity contribution >= 4 is 5.91 Å². The van der Waals surface area contributed by atoms with Crippen LogP contribution in [0, 0.1) is 0 Å². The molecule has 0 atom stereocenters. The smallest absolute Gasteiger partial charge is 0.224 e. The highest BCUT2D eigenvalue weighted by Gasteiger charge is 2.11. The second-order valence-corrected chi connectivity index (χ2v) is 5.33. The van der Waals surface area contributed by atoms with Gasteiger partial charge >= 0.3 is 0 Å². The van der Waals surface area contributed by atoms with Gasteiger partial charge in [0.05, 0.1) is 27.2 Å². The Morgan fingerprint density at radius 2 is 1.71 bits per heavy atom. The van der Waals surface area contributed by atoms with Crippen molar-refractivity contribution in [3.8, 4) is 11.5 Å². The van der Waals surface area contributed by atoms with Crippen LogP contribution in [0.2, 0.25) is 0 Å². The number of rotatable bonds is 8. The zero-order valence-electron chi connectivity index (χ0n) is 14.3. The Kier molecular flexibility index (Phi) is 6.63. The Morgan fingerprint density at radius 1 is 0.958 bits per heavy atom. The summed E-state index contributed by atoms with van der Waals surface area (Å²) in [6.45, 7) is 0.987. The topological polar surface area (TPSA) is 56.8 Å². The predicted molar refractivity (Wildman–Crippen MR) is 92.3 cm³/mol. The van der Waals surface area contributed by atoms with E-state index in [0.717, 1.165) is 16.7 Å². The fourth-order valence-corrected chi connectivity index (χ4v) is 2.48. The fourth-order valence-electron chi connectivity index (χ4n) is 2.48. The van der Waals surface area contributed by atoms with Gasteiger partial charge in [0.2, 0.25) is 5.91 Å². The van der Waals surface area contributed by atoms with Crippen LogP contribution in [0.4, 0.5) is 0 Å². The molecule has 0 radical (unpaired) electrons. The largest absolute Gasteiger partial charge is 0.497 e. The van der Waals surface area contributed by atoms with Gasteiger partial charge < -0.3 is 19.5 Å². The number of methoxy groups -OCH3 is 3. The molecule has 0 aromatic heterocycles. The number of amides is 1. The van der Waals surface area contributed by atoms with E-state index >= 15 is 0 Å². The van der Waals surface area contributed by atoms with Crippen LogP contribution in [0.5, 0.6) is 11.5 Å². The van der Waals surface area contributed by atoms with Gasteiger partial charge in [-0.3, -0.25) is 4.79 Å². The summed E-state index contributed by atoms with van der Waals surface area (Å²) in [5.74, 6) is 1.29. The number of ether oxygens (including phenoxy) is 3. The summed E-state index contributed by atoms with van der Waals surface area (Å²) in [5, 5.41) is 2.94. The molecule has 1 N–H and O–H groups in total. The molecule has 2 aromatic rings. The standard InChI is InChI=1S/C19H23NO4/c1-22-13-15-7-5-4-6-14(15)12-20-19(21)11-16-10-17(23-2)8-9-18(16)24-3/h4-10H,11-13H2,1-3H3,(H,20,21). The Labute approximate surface area is 142 Å². The van der Waals surface area contributed by atoms with Crippen molar-refractivity contribution in [2.45, 2.75) is 19.6 Å². The third kappa shape index (κ3) is 4.73. The molecule has 0 aliphatic carbocycles. The fraction of sp³-hybridized carbons (Fsp3) is 0.316. The number of benzene rings is 2. The molecule has 0 fully saturated rings. The van der Waals surface area contributed by atoms with Crippen LogP contribution in [0.25, 0.3) is 0 Å². The second-order valence-electron chi connectivity index (χ2n) is 5.33. The molecule has 0 saturated heterocycles. The lowest BCUT2D eigenvalue weighted by atomic mass is 10.1. The van der Waals surface area contributed by atoms with Gasteiger partial charge in [0.1, 0.15) is 11.5 Å². The Bertz CT molecular complexity index is 685. The van der Waals surface area contributed by atoms with Crippen LogP contribution in [-0.4, -0.2) is 27.2 Å². The molecule has 5 heteroatoms. The van der Waals surface area contributed by atoms with Crippen molar-refractivity contribution in [1.29, 1.82) is 0 Å². The maximum absolute atomic E-state index is 12.3. The van der Waals surface area contributed by atoms with Crippen molar-refractivity contribution in [1.82, 2.24) is 5.32 Å². The van der Waals surface area contributed by atoms with E-state index in [4.69, 9.17) is 14.2 Å². The minimum Gasteiger partial charge on any atom is -0.497 e. The molecule has 0 spiro atoms. The molecule has 0 heterocycles. The molecule has 2 aromatic carbocycles. The third-order valence-electron chi connectivity index (χ3n) is 3.73. The Morgan fingerprint density at radius 3 is 2.38 bits per heavy atom. The lowest BCUT2D eigenvalue weighted by Crippen LogP contribution is -2.25. The summed E-state index contributed by atoms with van der Waals surface area (Å²) in [4.78, 5) is 12.3. The van der Waals surface area contributed by atoms with Gasteiger partial charge in [-0.25, -0.2) is 0 Å². The molecule has 5 nitrogen and oxygen atoms in total. The number of carbonyl (C=O) groups is 1. The number of carbonyl (C=O) groups excluding carboxylic acids is 1. The molecule has 2 rings (SSSR count). The van der Waals surface area contributed by atoms with Crippen LogP contribution in [0.1, 0.15) is 16.7 Å². The van der Waals surface area contributed by atoms with Gasteiger partial charge in [-0.1, -0.05) is 24.3 Å². The van der Waals surface area contributed by atoms with Gasteiger partial charge in [-0.15, -0.1) is 0 Å². The number of hydrogen-bond donors (Lipinski definition) is 1.